The second-order valence-electron chi connectivity index (χ2n) is 5.76. The van der Waals surface area contributed by atoms with Gasteiger partial charge in [-0.2, -0.15) is 0 Å². The van der Waals surface area contributed by atoms with Crippen molar-refractivity contribution in [2.24, 2.45) is 0 Å². The van der Waals surface area contributed by atoms with Crippen LogP contribution >= 0.6 is 23.1 Å². The topological polar surface area (TPSA) is 76.6 Å². The van der Waals surface area contributed by atoms with Gasteiger partial charge < -0.3 is 19.7 Å². The number of nitrogens with zero attached hydrogens (tertiary/aromatic N) is 3. The minimum Gasteiger partial charge on any atom is -0.486 e. The van der Waals surface area contributed by atoms with Crippen molar-refractivity contribution < 1.29 is 14.3 Å². The highest BCUT2D eigenvalue weighted by Crippen LogP contribution is 2.31. The van der Waals surface area contributed by atoms with Gasteiger partial charge in [0.25, 0.3) is 0 Å². The van der Waals surface area contributed by atoms with Gasteiger partial charge in [0.15, 0.2) is 21.9 Å². The molecular formula is C18H22N4O3S2. The quantitative estimate of drug-likeness (QED) is 0.507. The van der Waals surface area contributed by atoms with Crippen LogP contribution in [-0.2, 0) is 4.79 Å². The lowest BCUT2D eigenvalue weighted by Crippen LogP contribution is -2.44. The minimum atomic E-state index is -0.176. The first-order valence-corrected chi connectivity index (χ1v) is 10.5. The summed E-state index contributed by atoms with van der Waals surface area (Å²) in [5.41, 5.74) is 0. The molecule has 1 N–H and O–H groups in total. The van der Waals surface area contributed by atoms with Gasteiger partial charge in [0.2, 0.25) is 11.0 Å². The number of likely N-dealkylation sites (N-methyl/N-ethyl adjacent to an activating group) is 1. The van der Waals surface area contributed by atoms with Gasteiger partial charge in [-0.25, -0.2) is 0 Å². The molecule has 1 aromatic heterocycles. The molecule has 1 aliphatic rings. The molecule has 1 unspecified atom stereocenters. The van der Waals surface area contributed by atoms with E-state index in [2.05, 4.69) is 22.1 Å². The second kappa shape index (κ2) is 9.61. The van der Waals surface area contributed by atoms with Crippen molar-refractivity contribution in [3.05, 3.63) is 36.9 Å². The summed E-state index contributed by atoms with van der Waals surface area (Å²) in [7, 11) is 0. The van der Waals surface area contributed by atoms with Crippen LogP contribution in [0, 0.1) is 0 Å². The van der Waals surface area contributed by atoms with Crippen molar-refractivity contribution in [2.45, 2.75) is 17.4 Å². The highest BCUT2D eigenvalue weighted by molar-refractivity contribution is 8.01. The average molecular weight is 407 g/mol. The number of carbonyl (C=O) groups is 1. The van der Waals surface area contributed by atoms with Crippen LogP contribution in [-0.4, -0.2) is 59.1 Å². The largest absolute Gasteiger partial charge is 0.486 e. The monoisotopic (exact) mass is 406 g/mol. The minimum absolute atomic E-state index is 0.0424. The van der Waals surface area contributed by atoms with Crippen molar-refractivity contribution in [3.63, 3.8) is 0 Å². The Morgan fingerprint density at radius 1 is 1.44 bits per heavy atom. The van der Waals surface area contributed by atoms with E-state index < -0.39 is 0 Å². The van der Waals surface area contributed by atoms with Gasteiger partial charge in [0.1, 0.15) is 6.61 Å². The third-order valence-electron chi connectivity index (χ3n) is 3.85. The first kappa shape index (κ1) is 19.5. The number of rotatable bonds is 9. The number of para-hydroxylation sites is 2. The Hall–Kier alpha value is -2.26. The molecule has 7 nitrogen and oxygen atoms in total. The molecular weight excluding hydrogens is 384 g/mol. The molecule has 0 bridgehead atoms. The summed E-state index contributed by atoms with van der Waals surface area (Å²) in [5, 5.41) is 11.9. The Morgan fingerprint density at radius 2 is 2.26 bits per heavy atom. The van der Waals surface area contributed by atoms with Gasteiger partial charge in [-0.1, -0.05) is 41.3 Å². The lowest BCUT2D eigenvalue weighted by atomic mass is 10.2. The molecule has 2 heterocycles. The summed E-state index contributed by atoms with van der Waals surface area (Å²) in [6.45, 7) is 7.78. The summed E-state index contributed by atoms with van der Waals surface area (Å²) in [5.74, 6) is 1.82. The number of thioether (sulfide) groups is 1. The molecule has 1 aromatic carbocycles. The normalized spacial score (nSPS) is 15.2. The Morgan fingerprint density at radius 3 is 3.04 bits per heavy atom. The van der Waals surface area contributed by atoms with Crippen LogP contribution < -0.4 is 14.8 Å². The van der Waals surface area contributed by atoms with Gasteiger partial charge in [-0.15, -0.1) is 16.8 Å². The number of aromatic nitrogens is 2. The van der Waals surface area contributed by atoms with E-state index in [4.69, 9.17) is 9.47 Å². The first-order valence-electron chi connectivity index (χ1n) is 8.67. The van der Waals surface area contributed by atoms with E-state index in [1.807, 2.05) is 31.2 Å². The summed E-state index contributed by atoms with van der Waals surface area (Å²) >= 11 is 2.82. The molecule has 27 heavy (non-hydrogen) atoms. The number of nitrogens with one attached hydrogen (secondary N) is 1. The first-order chi connectivity index (χ1) is 13.2. The molecule has 0 aliphatic carbocycles. The number of hydrogen-bond donors (Lipinski definition) is 1. The third kappa shape index (κ3) is 5.36. The van der Waals surface area contributed by atoms with Crippen LogP contribution in [0.25, 0.3) is 0 Å². The highest BCUT2D eigenvalue weighted by Gasteiger charge is 2.25. The number of ether oxygens (including phenoxy) is 2. The SMILES string of the molecule is C=CCNc1nnc(SCC(=O)N(CC)CC2COc3ccccc3O2)s1. The molecule has 3 rings (SSSR count). The van der Waals surface area contributed by atoms with Crippen LogP contribution in [0.3, 0.4) is 0 Å². The maximum Gasteiger partial charge on any atom is 0.233 e. The van der Waals surface area contributed by atoms with E-state index in [0.29, 0.717) is 32.0 Å². The van der Waals surface area contributed by atoms with Crippen LogP contribution in [0.4, 0.5) is 5.13 Å². The molecule has 0 saturated heterocycles. The van der Waals surface area contributed by atoms with E-state index >= 15 is 0 Å². The number of anilines is 1. The van der Waals surface area contributed by atoms with Gasteiger partial charge in [0, 0.05) is 13.1 Å². The zero-order chi connectivity index (χ0) is 19.1. The Labute approximate surface area is 166 Å². The van der Waals surface area contributed by atoms with E-state index in [0.717, 1.165) is 21.0 Å². The molecule has 144 valence electrons. The number of amides is 1. The van der Waals surface area contributed by atoms with Gasteiger partial charge in [0.05, 0.1) is 12.3 Å². The zero-order valence-corrected chi connectivity index (χ0v) is 16.7. The summed E-state index contributed by atoms with van der Waals surface area (Å²) in [4.78, 5) is 14.4. The second-order valence-corrected chi connectivity index (χ2v) is 7.96. The van der Waals surface area contributed by atoms with Crippen molar-refractivity contribution in [1.29, 1.82) is 0 Å². The lowest BCUT2D eigenvalue weighted by Gasteiger charge is -2.30. The predicted molar refractivity (Wildman–Crippen MR) is 108 cm³/mol. The summed E-state index contributed by atoms with van der Waals surface area (Å²) in [6.07, 6.45) is 1.58. The molecule has 0 saturated carbocycles. The third-order valence-corrected chi connectivity index (χ3v) is 5.85. The number of hydrogen-bond acceptors (Lipinski definition) is 8. The van der Waals surface area contributed by atoms with E-state index in [-0.39, 0.29) is 12.0 Å². The molecule has 0 radical (unpaired) electrons. The number of carbonyl (C=O) groups excluding carboxylic acids is 1. The number of benzene rings is 1. The van der Waals surface area contributed by atoms with E-state index in [9.17, 15) is 4.79 Å². The Balaban J connectivity index is 1.49. The maximum atomic E-state index is 12.6. The van der Waals surface area contributed by atoms with Crippen LogP contribution in [0.2, 0.25) is 0 Å². The van der Waals surface area contributed by atoms with Crippen molar-refractivity contribution in [2.75, 3.05) is 37.3 Å². The molecule has 0 fully saturated rings. The smallest absolute Gasteiger partial charge is 0.233 e. The standard InChI is InChI=1S/C18H22N4O3S2/c1-3-9-19-17-20-21-18(27-17)26-12-16(23)22(4-2)10-13-11-24-14-7-5-6-8-15(14)25-13/h3,5-8,13H,1,4,9-12H2,2H3,(H,19,20). The van der Waals surface area contributed by atoms with E-state index in [1.165, 1.54) is 23.1 Å². The lowest BCUT2D eigenvalue weighted by molar-refractivity contribution is -0.129. The van der Waals surface area contributed by atoms with Gasteiger partial charge in [-0.05, 0) is 19.1 Å². The van der Waals surface area contributed by atoms with Gasteiger partial charge in [-0.3, -0.25) is 4.79 Å². The summed E-state index contributed by atoms with van der Waals surface area (Å²) in [6, 6.07) is 7.58. The fraction of sp³-hybridized carbons (Fsp3) is 0.389. The molecule has 2 aromatic rings. The molecule has 0 spiro atoms. The van der Waals surface area contributed by atoms with Crippen molar-refractivity contribution in [3.8, 4) is 11.5 Å². The Kier molecular flexibility index (Phi) is 6.94. The molecule has 1 amide bonds. The fourth-order valence-electron chi connectivity index (χ4n) is 2.52. The maximum absolute atomic E-state index is 12.6. The van der Waals surface area contributed by atoms with Gasteiger partial charge >= 0.3 is 0 Å². The highest BCUT2D eigenvalue weighted by atomic mass is 32.2. The molecule has 9 heteroatoms. The zero-order valence-electron chi connectivity index (χ0n) is 15.1. The van der Waals surface area contributed by atoms with E-state index in [1.54, 1.807) is 11.0 Å². The molecule has 1 atom stereocenters. The van der Waals surface area contributed by atoms with Crippen LogP contribution in [0.15, 0.2) is 41.3 Å². The van der Waals surface area contributed by atoms with Crippen LogP contribution in [0.1, 0.15) is 6.92 Å². The van der Waals surface area contributed by atoms with Crippen LogP contribution in [0.5, 0.6) is 11.5 Å². The van der Waals surface area contributed by atoms with Crippen molar-refractivity contribution >= 4 is 34.1 Å². The number of fused-ring (bicyclic) bond motifs is 1. The summed E-state index contributed by atoms with van der Waals surface area (Å²) < 4.78 is 12.4. The molecule has 1 aliphatic heterocycles. The average Bonchev–Trinajstić information content (AvgIpc) is 3.16. The van der Waals surface area contributed by atoms with Crippen molar-refractivity contribution in [1.82, 2.24) is 15.1 Å². The fourth-order valence-corrected chi connectivity index (χ4v) is 4.18. The predicted octanol–water partition coefficient (Wildman–Crippen LogP) is 2.92. The Bertz CT molecular complexity index is 783.